The third-order valence-electron chi connectivity index (χ3n) is 2.05. The van der Waals surface area contributed by atoms with Gasteiger partial charge >= 0.3 is 5.97 Å². The van der Waals surface area contributed by atoms with Crippen LogP contribution in [0.3, 0.4) is 0 Å². The molecule has 0 aliphatic rings. The number of aliphatic carboxylic acids is 1. The molecule has 0 heterocycles. The van der Waals surface area contributed by atoms with Crippen molar-refractivity contribution in [3.8, 4) is 0 Å². The van der Waals surface area contributed by atoms with Crippen molar-refractivity contribution in [3.63, 3.8) is 0 Å². The van der Waals surface area contributed by atoms with Crippen molar-refractivity contribution < 1.29 is 14.6 Å². The maximum Gasteiger partial charge on any atom is 0.333 e. The van der Waals surface area contributed by atoms with Crippen molar-refractivity contribution in [1.82, 2.24) is 0 Å². The summed E-state index contributed by atoms with van der Waals surface area (Å²) in [4.78, 5) is 11.0. The van der Waals surface area contributed by atoms with E-state index in [4.69, 9.17) is 9.84 Å². The van der Waals surface area contributed by atoms with Crippen LogP contribution in [0, 0.1) is 0 Å². The number of hydrogen-bond donors (Lipinski definition) is 1. The quantitative estimate of drug-likeness (QED) is 0.905. The average Bonchev–Trinajstić information content (AvgIpc) is 2.19. The molecule has 0 bridgehead atoms. The Kier molecular flexibility index (Phi) is 4.96. The minimum Gasteiger partial charge on any atom is -0.479 e. The summed E-state index contributed by atoms with van der Waals surface area (Å²) < 4.78 is 6.31. The van der Waals surface area contributed by atoms with Gasteiger partial charge in [-0.3, -0.25) is 0 Å². The number of rotatable bonds is 5. The number of ether oxygens (including phenoxy) is 1. The summed E-state index contributed by atoms with van der Waals surface area (Å²) >= 11 is 3.33. The van der Waals surface area contributed by atoms with Crippen molar-refractivity contribution in [3.05, 3.63) is 34.3 Å². The molecule has 0 aromatic heterocycles. The second-order valence-electron chi connectivity index (χ2n) is 3.84. The van der Waals surface area contributed by atoms with Crippen LogP contribution < -0.4 is 0 Å². The second-order valence-corrected chi connectivity index (χ2v) is 4.76. The van der Waals surface area contributed by atoms with Crippen LogP contribution in [0.5, 0.6) is 0 Å². The van der Waals surface area contributed by atoms with E-state index in [0.717, 1.165) is 10.0 Å². The molecule has 1 rings (SSSR count). The predicted octanol–water partition coefficient (Wildman–Crippen LogP) is 2.87. The molecule has 0 saturated heterocycles. The van der Waals surface area contributed by atoms with Gasteiger partial charge in [-0.15, -0.1) is 0 Å². The van der Waals surface area contributed by atoms with Crippen LogP contribution in [0.4, 0.5) is 0 Å². The summed E-state index contributed by atoms with van der Waals surface area (Å²) in [6.07, 6.45) is -0.474. The molecular weight excluding hydrogens is 272 g/mol. The molecule has 1 N–H and O–H groups in total. The molecule has 0 spiro atoms. The Labute approximate surface area is 104 Å². The van der Waals surface area contributed by atoms with Gasteiger partial charge in [0.15, 0.2) is 6.10 Å². The fraction of sp³-hybridized carbons (Fsp3) is 0.417. The maximum atomic E-state index is 11.0. The van der Waals surface area contributed by atoms with Gasteiger partial charge in [-0.25, -0.2) is 4.79 Å². The normalized spacial score (nSPS) is 12.8. The molecule has 0 amide bonds. The molecule has 1 atom stereocenters. The number of halogens is 1. The minimum atomic E-state index is -0.920. The molecule has 0 fully saturated rings. The van der Waals surface area contributed by atoms with Crippen molar-refractivity contribution in [2.75, 3.05) is 0 Å². The lowest BCUT2D eigenvalue weighted by Gasteiger charge is -2.16. The van der Waals surface area contributed by atoms with Crippen molar-refractivity contribution in [1.29, 1.82) is 0 Å². The van der Waals surface area contributed by atoms with Gasteiger partial charge in [0.05, 0.1) is 6.10 Å². The molecule has 1 aromatic rings. The van der Waals surface area contributed by atoms with Crippen LogP contribution in [0.1, 0.15) is 19.4 Å². The Morgan fingerprint density at radius 2 is 1.94 bits per heavy atom. The zero-order valence-corrected chi connectivity index (χ0v) is 10.9. The third-order valence-corrected chi connectivity index (χ3v) is 2.57. The number of carboxylic acids is 1. The van der Waals surface area contributed by atoms with Gasteiger partial charge in [0.2, 0.25) is 0 Å². The van der Waals surface area contributed by atoms with E-state index in [0.29, 0.717) is 6.42 Å². The molecular formula is C12H15BrO3. The summed E-state index contributed by atoms with van der Waals surface area (Å²) in [6.45, 7) is 3.66. The zero-order chi connectivity index (χ0) is 12.1. The Hall–Kier alpha value is -0.870. The first kappa shape index (κ1) is 13.2. The number of carboxylic acid groups (broad SMARTS) is 1. The Morgan fingerprint density at radius 1 is 1.38 bits per heavy atom. The summed E-state index contributed by atoms with van der Waals surface area (Å²) in [6, 6.07) is 7.57. The van der Waals surface area contributed by atoms with Crippen LogP contribution in [-0.2, 0) is 16.0 Å². The van der Waals surface area contributed by atoms with E-state index < -0.39 is 12.1 Å². The van der Waals surface area contributed by atoms with E-state index in [9.17, 15) is 4.79 Å². The Bertz CT molecular complexity index is 346. The molecule has 3 nitrogen and oxygen atoms in total. The average molecular weight is 287 g/mol. The lowest BCUT2D eigenvalue weighted by atomic mass is 10.1. The standard InChI is InChI=1S/C12H15BrO3/c1-8(2)16-11(12(14)15)7-9-3-5-10(13)6-4-9/h3-6,8,11H,7H2,1-2H3,(H,14,15)/t11-/m0/s1. The lowest BCUT2D eigenvalue weighted by molar-refractivity contribution is -0.153. The number of hydrogen-bond acceptors (Lipinski definition) is 2. The third kappa shape index (κ3) is 4.33. The van der Waals surface area contributed by atoms with Crippen molar-refractivity contribution in [2.45, 2.75) is 32.5 Å². The molecule has 4 heteroatoms. The molecule has 0 aliphatic heterocycles. The lowest BCUT2D eigenvalue weighted by Crippen LogP contribution is -2.29. The predicted molar refractivity (Wildman–Crippen MR) is 65.5 cm³/mol. The number of benzene rings is 1. The monoisotopic (exact) mass is 286 g/mol. The van der Waals surface area contributed by atoms with Crippen LogP contribution in [0.2, 0.25) is 0 Å². The van der Waals surface area contributed by atoms with E-state index >= 15 is 0 Å². The maximum absolute atomic E-state index is 11.0. The van der Waals surface area contributed by atoms with Gasteiger partial charge in [0.1, 0.15) is 0 Å². The van der Waals surface area contributed by atoms with Crippen LogP contribution in [0.15, 0.2) is 28.7 Å². The van der Waals surface area contributed by atoms with Gasteiger partial charge in [-0.05, 0) is 31.5 Å². The highest BCUT2D eigenvalue weighted by Crippen LogP contribution is 2.13. The van der Waals surface area contributed by atoms with E-state index in [2.05, 4.69) is 15.9 Å². The van der Waals surface area contributed by atoms with Gasteiger partial charge in [0, 0.05) is 10.9 Å². The first-order chi connectivity index (χ1) is 7.49. The molecule has 1 aromatic carbocycles. The summed E-state index contributed by atoms with van der Waals surface area (Å²) in [5, 5.41) is 9.00. The highest BCUT2D eigenvalue weighted by molar-refractivity contribution is 9.10. The number of carbonyl (C=O) groups is 1. The van der Waals surface area contributed by atoms with Crippen LogP contribution >= 0.6 is 15.9 Å². The highest BCUT2D eigenvalue weighted by Gasteiger charge is 2.19. The van der Waals surface area contributed by atoms with Crippen molar-refractivity contribution >= 4 is 21.9 Å². The van der Waals surface area contributed by atoms with E-state index in [1.54, 1.807) is 0 Å². The first-order valence-corrected chi connectivity index (χ1v) is 5.91. The fourth-order valence-corrected chi connectivity index (χ4v) is 1.62. The van der Waals surface area contributed by atoms with Crippen molar-refractivity contribution in [2.24, 2.45) is 0 Å². The molecule has 0 aliphatic carbocycles. The first-order valence-electron chi connectivity index (χ1n) is 5.11. The Balaban J connectivity index is 2.68. The summed E-state index contributed by atoms with van der Waals surface area (Å²) in [5.41, 5.74) is 0.955. The van der Waals surface area contributed by atoms with E-state index in [1.807, 2.05) is 38.1 Å². The SMILES string of the molecule is CC(C)O[C@@H](Cc1ccc(Br)cc1)C(=O)O. The molecule has 0 saturated carbocycles. The summed E-state index contributed by atoms with van der Waals surface area (Å²) in [5.74, 6) is -0.920. The molecule has 0 radical (unpaired) electrons. The van der Waals surface area contributed by atoms with Crippen LogP contribution in [0.25, 0.3) is 0 Å². The van der Waals surface area contributed by atoms with Gasteiger partial charge in [-0.2, -0.15) is 0 Å². The van der Waals surface area contributed by atoms with E-state index in [-0.39, 0.29) is 6.10 Å². The molecule has 0 unspecified atom stereocenters. The van der Waals surface area contributed by atoms with Crippen LogP contribution in [-0.4, -0.2) is 23.3 Å². The second kappa shape index (κ2) is 6.01. The highest BCUT2D eigenvalue weighted by atomic mass is 79.9. The van der Waals surface area contributed by atoms with Gasteiger partial charge < -0.3 is 9.84 Å². The fourth-order valence-electron chi connectivity index (χ4n) is 1.36. The molecule has 16 heavy (non-hydrogen) atoms. The summed E-state index contributed by atoms with van der Waals surface area (Å²) in [7, 11) is 0. The topological polar surface area (TPSA) is 46.5 Å². The largest absolute Gasteiger partial charge is 0.479 e. The Morgan fingerprint density at radius 3 is 2.38 bits per heavy atom. The van der Waals surface area contributed by atoms with E-state index in [1.165, 1.54) is 0 Å². The zero-order valence-electron chi connectivity index (χ0n) is 9.31. The molecule has 88 valence electrons. The van der Waals surface area contributed by atoms with Gasteiger partial charge in [-0.1, -0.05) is 28.1 Å². The van der Waals surface area contributed by atoms with Gasteiger partial charge in [0.25, 0.3) is 0 Å². The smallest absolute Gasteiger partial charge is 0.333 e. The minimum absolute atomic E-state index is 0.0865.